The summed E-state index contributed by atoms with van der Waals surface area (Å²) in [4.78, 5) is 4.91. The zero-order valence-corrected chi connectivity index (χ0v) is 35.8. The molecule has 2 aliphatic carbocycles. The number of benzene rings is 7. The zero-order valence-electron chi connectivity index (χ0n) is 35.8. The molecule has 0 N–H and O–H groups in total. The van der Waals surface area contributed by atoms with E-state index in [0.29, 0.717) is 0 Å². The smallest absolute Gasteiger partial charge is 0.0717 e. The molecule has 0 radical (unpaired) electrons. The average molecular weight is 779 g/mol. The van der Waals surface area contributed by atoms with Gasteiger partial charge in [0.15, 0.2) is 0 Å². The molecule has 0 aliphatic heterocycles. The predicted octanol–water partition coefficient (Wildman–Crippen LogP) is 14.8. The Labute approximate surface area is 353 Å². The first kappa shape index (κ1) is 36.3. The number of fused-ring (bicyclic) bond motifs is 9. The van der Waals surface area contributed by atoms with Gasteiger partial charge in [-0.15, -0.1) is 0 Å². The SMILES string of the molecule is Cc1cc(N(c2ccccc2)c2cn(C)c3ccccc23)cc2c1-c1ccc3c(c1C2(C)C)C(C)(C)c1cc(N(c2ccccc2)c2cn(C)c4ccccc24)cc(C)c1-3. The van der Waals surface area contributed by atoms with E-state index in [4.69, 9.17) is 0 Å². The van der Waals surface area contributed by atoms with Gasteiger partial charge < -0.3 is 18.9 Å². The van der Waals surface area contributed by atoms with Gasteiger partial charge in [-0.05, 0) is 130 Å². The molecule has 0 saturated heterocycles. The second-order valence-corrected chi connectivity index (χ2v) is 18.2. The van der Waals surface area contributed by atoms with Gasteiger partial charge in [-0.2, -0.15) is 0 Å². The van der Waals surface area contributed by atoms with Gasteiger partial charge in [0.05, 0.1) is 11.4 Å². The van der Waals surface area contributed by atoms with Crippen LogP contribution in [0.4, 0.5) is 34.1 Å². The molecular weight excluding hydrogens is 729 g/mol. The molecule has 7 aromatic carbocycles. The van der Waals surface area contributed by atoms with Gasteiger partial charge in [-0.3, -0.25) is 0 Å². The van der Waals surface area contributed by atoms with Crippen LogP contribution in [-0.2, 0) is 24.9 Å². The summed E-state index contributed by atoms with van der Waals surface area (Å²) in [6.07, 6.45) is 4.56. The van der Waals surface area contributed by atoms with Gasteiger partial charge in [-0.1, -0.05) is 113 Å². The number of nitrogens with zero attached hydrogens (tertiary/aromatic N) is 4. The minimum atomic E-state index is -0.243. The third-order valence-electron chi connectivity index (χ3n) is 13.8. The monoisotopic (exact) mass is 778 g/mol. The summed E-state index contributed by atoms with van der Waals surface area (Å²) in [5.41, 5.74) is 22.8. The fourth-order valence-electron chi connectivity index (χ4n) is 11.1. The Kier molecular flexibility index (Phi) is 7.78. The van der Waals surface area contributed by atoms with Crippen molar-refractivity contribution in [3.8, 4) is 22.3 Å². The molecule has 9 aromatic rings. The van der Waals surface area contributed by atoms with Gasteiger partial charge in [0, 0.05) is 81.9 Å². The fourth-order valence-corrected chi connectivity index (χ4v) is 11.1. The third kappa shape index (κ3) is 5.03. The van der Waals surface area contributed by atoms with Crippen LogP contribution >= 0.6 is 0 Å². The van der Waals surface area contributed by atoms with Crippen molar-refractivity contribution in [3.63, 3.8) is 0 Å². The van der Waals surface area contributed by atoms with E-state index < -0.39 is 0 Å². The topological polar surface area (TPSA) is 16.3 Å². The van der Waals surface area contributed by atoms with Crippen molar-refractivity contribution in [1.82, 2.24) is 9.13 Å². The Balaban J connectivity index is 1.08. The number of anilines is 6. The molecule has 0 atom stereocenters. The van der Waals surface area contributed by atoms with Crippen molar-refractivity contribution in [3.05, 3.63) is 191 Å². The van der Waals surface area contributed by atoms with Crippen LogP contribution < -0.4 is 9.80 Å². The van der Waals surface area contributed by atoms with Crippen molar-refractivity contribution in [2.45, 2.75) is 52.4 Å². The second-order valence-electron chi connectivity index (χ2n) is 18.2. The summed E-state index contributed by atoms with van der Waals surface area (Å²) in [6, 6.07) is 53.8. The molecule has 0 bridgehead atoms. The van der Waals surface area contributed by atoms with Crippen LogP contribution in [0.2, 0.25) is 0 Å². The lowest BCUT2D eigenvalue weighted by Crippen LogP contribution is -2.24. The van der Waals surface area contributed by atoms with Crippen LogP contribution in [0, 0.1) is 13.8 Å². The summed E-state index contributed by atoms with van der Waals surface area (Å²) in [7, 11) is 4.30. The fraction of sp³-hybridized carbons (Fsp3) is 0.179. The quantitative estimate of drug-likeness (QED) is 0.167. The molecule has 11 rings (SSSR count). The minimum absolute atomic E-state index is 0.243. The Morgan fingerprint density at radius 3 is 1.18 bits per heavy atom. The van der Waals surface area contributed by atoms with E-state index in [1.807, 2.05) is 0 Å². The van der Waals surface area contributed by atoms with Crippen molar-refractivity contribution < 1.29 is 0 Å². The first-order valence-corrected chi connectivity index (χ1v) is 21.2. The largest absolute Gasteiger partial charge is 0.348 e. The van der Waals surface area contributed by atoms with E-state index in [9.17, 15) is 0 Å². The van der Waals surface area contributed by atoms with Crippen LogP contribution in [-0.4, -0.2) is 9.13 Å². The number of aryl methyl sites for hydroxylation is 4. The van der Waals surface area contributed by atoms with Crippen LogP contribution in [0.5, 0.6) is 0 Å². The van der Waals surface area contributed by atoms with E-state index in [1.165, 1.54) is 100 Å². The number of aromatic nitrogens is 2. The lowest BCUT2D eigenvalue weighted by molar-refractivity contribution is 0.601. The maximum Gasteiger partial charge on any atom is 0.0717 e. The number of hydrogen-bond acceptors (Lipinski definition) is 2. The molecule has 2 aromatic heterocycles. The van der Waals surface area contributed by atoms with Crippen molar-refractivity contribution >= 4 is 55.9 Å². The first-order chi connectivity index (χ1) is 28.9. The Bertz CT molecular complexity index is 2980. The number of hydrogen-bond donors (Lipinski definition) is 0. The minimum Gasteiger partial charge on any atom is -0.348 e. The molecule has 294 valence electrons. The Morgan fingerprint density at radius 2 is 0.783 bits per heavy atom. The number of rotatable bonds is 6. The molecule has 0 amide bonds. The van der Waals surface area contributed by atoms with E-state index in [0.717, 1.165) is 11.4 Å². The van der Waals surface area contributed by atoms with Gasteiger partial charge in [-0.25, -0.2) is 0 Å². The van der Waals surface area contributed by atoms with Crippen LogP contribution in [0.3, 0.4) is 0 Å². The lowest BCUT2D eigenvalue weighted by atomic mass is 9.72. The average Bonchev–Trinajstić information content (AvgIpc) is 3.90. The maximum atomic E-state index is 2.49. The molecule has 4 heteroatoms. The van der Waals surface area contributed by atoms with E-state index >= 15 is 0 Å². The van der Waals surface area contributed by atoms with Crippen molar-refractivity contribution in [1.29, 1.82) is 0 Å². The molecule has 0 spiro atoms. The lowest BCUT2D eigenvalue weighted by Gasteiger charge is -2.32. The molecule has 0 saturated carbocycles. The van der Waals surface area contributed by atoms with Gasteiger partial charge >= 0.3 is 0 Å². The highest BCUT2D eigenvalue weighted by Crippen LogP contribution is 2.61. The van der Waals surface area contributed by atoms with E-state index in [1.54, 1.807) is 0 Å². The standard InChI is InChI=1S/C56H50N4/c1-35-29-39(59(37-19-11-9-12-20-37)49-33-57(7)47-25-17-15-23-41(47)49)31-45-51(35)43-27-28-44-52-36(2)30-40(32-46(52)56(5,6)54(44)53(43)55(45,3)4)60(38-21-13-10-14-22-38)50-34-58(8)48-26-18-16-24-42(48)50/h9-34H,1-8H3. The molecule has 0 unspecified atom stereocenters. The molecule has 0 fully saturated rings. The highest BCUT2D eigenvalue weighted by Gasteiger charge is 2.47. The summed E-state index contributed by atoms with van der Waals surface area (Å²) in [6.45, 7) is 14.5. The van der Waals surface area contributed by atoms with E-state index in [2.05, 4.69) is 233 Å². The Hall–Kier alpha value is -6.78. The summed E-state index contributed by atoms with van der Waals surface area (Å²) >= 11 is 0. The van der Waals surface area contributed by atoms with Crippen LogP contribution in [0.15, 0.2) is 158 Å². The predicted molar refractivity (Wildman–Crippen MR) is 253 cm³/mol. The van der Waals surface area contributed by atoms with Crippen molar-refractivity contribution in [2.24, 2.45) is 14.1 Å². The van der Waals surface area contributed by atoms with Crippen LogP contribution in [0.25, 0.3) is 44.1 Å². The second kappa shape index (κ2) is 12.9. The molecule has 4 nitrogen and oxygen atoms in total. The summed E-state index contributed by atoms with van der Waals surface area (Å²) < 4.78 is 4.50. The first-order valence-electron chi connectivity index (χ1n) is 21.2. The maximum absolute atomic E-state index is 2.49. The summed E-state index contributed by atoms with van der Waals surface area (Å²) in [5, 5.41) is 2.48. The summed E-state index contributed by atoms with van der Waals surface area (Å²) in [5.74, 6) is 0. The highest BCUT2D eigenvalue weighted by molar-refractivity contribution is 6.02. The van der Waals surface area contributed by atoms with Crippen molar-refractivity contribution in [2.75, 3.05) is 9.80 Å². The van der Waals surface area contributed by atoms with Gasteiger partial charge in [0.25, 0.3) is 0 Å². The van der Waals surface area contributed by atoms with E-state index in [-0.39, 0.29) is 10.8 Å². The highest BCUT2D eigenvalue weighted by atomic mass is 15.2. The zero-order chi connectivity index (χ0) is 41.2. The number of para-hydroxylation sites is 4. The van der Waals surface area contributed by atoms with Crippen LogP contribution in [0.1, 0.15) is 61.1 Å². The molecule has 60 heavy (non-hydrogen) atoms. The van der Waals surface area contributed by atoms with Gasteiger partial charge in [0.2, 0.25) is 0 Å². The molecular formula is C56H50N4. The molecule has 2 heterocycles. The normalized spacial score (nSPS) is 14.3. The van der Waals surface area contributed by atoms with Gasteiger partial charge in [0.1, 0.15) is 0 Å². The third-order valence-corrected chi connectivity index (χ3v) is 13.8. The Morgan fingerprint density at radius 1 is 0.417 bits per heavy atom. The molecule has 2 aliphatic rings.